The molecule has 3 fully saturated rings. The summed E-state index contributed by atoms with van der Waals surface area (Å²) in [6, 6.07) is 9.11. The lowest BCUT2D eigenvalue weighted by molar-refractivity contribution is -0.185. The highest BCUT2D eigenvalue weighted by atomic mass is 16.6. The van der Waals surface area contributed by atoms with Crippen LogP contribution in [0.1, 0.15) is 89.5 Å². The molecule has 0 N–H and O–H groups in total. The van der Waals surface area contributed by atoms with Crippen molar-refractivity contribution < 1.29 is 23.9 Å². The molecular weight excluding hydrogens is 502 g/mol. The molecule has 0 amide bonds. The van der Waals surface area contributed by atoms with Crippen LogP contribution in [0.15, 0.2) is 47.1 Å². The quantitative estimate of drug-likeness (QED) is 0.403. The molecule has 2 saturated carbocycles. The van der Waals surface area contributed by atoms with E-state index in [0.717, 1.165) is 45.2 Å². The van der Waals surface area contributed by atoms with Crippen LogP contribution in [-0.2, 0) is 23.9 Å². The second-order valence-corrected chi connectivity index (χ2v) is 13.0. The van der Waals surface area contributed by atoms with Crippen LogP contribution in [-0.4, -0.2) is 49.9 Å². The Balaban J connectivity index is 1.46. The summed E-state index contributed by atoms with van der Waals surface area (Å²) in [5, 5.41) is 0. The summed E-state index contributed by atoms with van der Waals surface area (Å²) in [6.45, 7) is 5.78. The molecule has 0 aromatic heterocycles. The fourth-order valence-electron chi connectivity index (χ4n) is 9.19. The first kappa shape index (κ1) is 27.4. The molecule has 5 aliphatic rings. The topological polar surface area (TPSA) is 72.9 Å². The third kappa shape index (κ3) is 4.38. The molecule has 2 unspecified atom stereocenters. The summed E-state index contributed by atoms with van der Waals surface area (Å²) in [5.41, 5.74) is 4.93. The Kier molecular flexibility index (Phi) is 7.27. The molecular formula is C34H43NO5. The maximum absolute atomic E-state index is 13.8. The van der Waals surface area contributed by atoms with E-state index in [1.807, 2.05) is 6.08 Å². The Hall–Kier alpha value is -2.73. The fourth-order valence-corrected chi connectivity index (χ4v) is 9.19. The van der Waals surface area contributed by atoms with Crippen molar-refractivity contribution in [3.8, 4) is 0 Å². The molecule has 1 aromatic carbocycles. The summed E-state index contributed by atoms with van der Waals surface area (Å²) >= 11 is 0. The minimum absolute atomic E-state index is 0.0571. The Bertz CT molecular complexity index is 1260. The molecule has 1 aliphatic heterocycles. The van der Waals surface area contributed by atoms with Crippen LogP contribution in [0.2, 0.25) is 0 Å². The maximum Gasteiger partial charge on any atom is 0.303 e. The highest BCUT2D eigenvalue weighted by Crippen LogP contribution is 2.67. The number of esters is 1. The largest absolute Gasteiger partial charge is 0.451 e. The molecule has 6 nitrogen and oxygen atoms in total. The molecule has 40 heavy (non-hydrogen) atoms. The molecule has 1 saturated heterocycles. The highest BCUT2D eigenvalue weighted by Gasteiger charge is 2.68. The number of methoxy groups -OCH3 is 1. The van der Waals surface area contributed by atoms with Crippen molar-refractivity contribution in [3.63, 3.8) is 0 Å². The standard InChI is InChI=1S/C34H43NO5/c1-22(36)40-34(31(38)21-39-3)16-15-30-28-13-9-24-19-26(37)12-14-27(24)32(28)29(20-33(30,34)2)23-7-10-25(11-8-23)35-17-5-4-6-18-35/h7-8,10-11,19,28-30H,4-6,9,12-18,20-21H2,1-3H3/t28?,29-,30?,33+,34+/m1/s1. The zero-order chi connectivity index (χ0) is 28.1. The van der Waals surface area contributed by atoms with Gasteiger partial charge in [0.1, 0.15) is 6.61 Å². The van der Waals surface area contributed by atoms with Gasteiger partial charge in [-0.3, -0.25) is 14.4 Å². The number of ketones is 2. The monoisotopic (exact) mass is 545 g/mol. The molecule has 5 atom stereocenters. The lowest BCUT2D eigenvalue weighted by Crippen LogP contribution is -2.58. The fraction of sp³-hybridized carbons (Fsp3) is 0.618. The number of benzene rings is 1. The van der Waals surface area contributed by atoms with Crippen molar-refractivity contribution >= 4 is 23.2 Å². The van der Waals surface area contributed by atoms with E-state index in [-0.39, 0.29) is 30.0 Å². The van der Waals surface area contributed by atoms with Crippen molar-refractivity contribution in [2.24, 2.45) is 17.3 Å². The van der Waals surface area contributed by atoms with Gasteiger partial charge in [-0.1, -0.05) is 24.6 Å². The van der Waals surface area contributed by atoms with Gasteiger partial charge in [0.15, 0.2) is 11.4 Å². The van der Waals surface area contributed by atoms with Crippen LogP contribution >= 0.6 is 0 Å². The van der Waals surface area contributed by atoms with Crippen LogP contribution in [0.4, 0.5) is 5.69 Å². The molecule has 0 radical (unpaired) electrons. The van der Waals surface area contributed by atoms with Crippen LogP contribution in [0.25, 0.3) is 0 Å². The summed E-state index contributed by atoms with van der Waals surface area (Å²) in [4.78, 5) is 41.1. The SMILES string of the molecule is COCC(=O)[C@@]1(OC(C)=O)CCC2C3CCC4=CC(=O)CCC4=C3[C@@H](c3ccc(N4CCCCC4)cc3)C[C@@]21C. The number of Topliss-reactive ketones (excluding diaryl/α,β-unsaturated/α-hetero) is 1. The summed E-state index contributed by atoms with van der Waals surface area (Å²) in [7, 11) is 1.53. The molecule has 1 aromatic rings. The van der Waals surface area contributed by atoms with Gasteiger partial charge in [-0.15, -0.1) is 0 Å². The summed E-state index contributed by atoms with van der Waals surface area (Å²) in [6.07, 6.45) is 11.0. The molecule has 214 valence electrons. The van der Waals surface area contributed by atoms with E-state index in [1.54, 1.807) is 0 Å². The second-order valence-electron chi connectivity index (χ2n) is 13.0. The van der Waals surface area contributed by atoms with Crippen LogP contribution in [0, 0.1) is 17.3 Å². The summed E-state index contributed by atoms with van der Waals surface area (Å²) in [5.74, 6) is 0.359. The van der Waals surface area contributed by atoms with Gasteiger partial charge in [-0.2, -0.15) is 0 Å². The number of piperidine rings is 1. The van der Waals surface area contributed by atoms with E-state index in [9.17, 15) is 14.4 Å². The molecule has 6 rings (SSSR count). The van der Waals surface area contributed by atoms with Crippen molar-refractivity contribution in [1.82, 2.24) is 0 Å². The van der Waals surface area contributed by atoms with Crippen LogP contribution in [0.3, 0.4) is 0 Å². The predicted molar refractivity (Wildman–Crippen MR) is 154 cm³/mol. The zero-order valence-electron chi connectivity index (χ0n) is 24.3. The van der Waals surface area contributed by atoms with Gasteiger partial charge in [0.2, 0.25) is 5.78 Å². The smallest absolute Gasteiger partial charge is 0.303 e. The minimum atomic E-state index is -1.18. The number of nitrogens with zero attached hydrogens (tertiary/aromatic N) is 1. The van der Waals surface area contributed by atoms with E-state index in [4.69, 9.17) is 9.47 Å². The molecule has 0 spiro atoms. The lowest BCUT2D eigenvalue weighted by Gasteiger charge is -2.55. The number of ether oxygens (including phenoxy) is 2. The van der Waals surface area contributed by atoms with E-state index in [0.29, 0.717) is 18.8 Å². The number of hydrogen-bond donors (Lipinski definition) is 0. The van der Waals surface area contributed by atoms with Gasteiger partial charge in [0, 0.05) is 50.6 Å². The molecule has 0 bridgehead atoms. The number of anilines is 1. The number of allylic oxidation sites excluding steroid dienone is 4. The first-order chi connectivity index (χ1) is 19.3. The molecule has 1 heterocycles. The van der Waals surface area contributed by atoms with Gasteiger partial charge in [0.25, 0.3) is 0 Å². The third-order valence-corrected chi connectivity index (χ3v) is 10.9. The Morgan fingerprint density at radius 3 is 2.48 bits per heavy atom. The van der Waals surface area contributed by atoms with E-state index in [1.165, 1.54) is 61.3 Å². The number of fused-ring (bicyclic) bond motifs is 4. The third-order valence-electron chi connectivity index (χ3n) is 10.9. The predicted octanol–water partition coefficient (Wildman–Crippen LogP) is 6.09. The van der Waals surface area contributed by atoms with Crippen molar-refractivity contribution in [1.29, 1.82) is 0 Å². The van der Waals surface area contributed by atoms with Gasteiger partial charge in [-0.05, 0) is 105 Å². The second kappa shape index (κ2) is 10.6. The minimum Gasteiger partial charge on any atom is -0.451 e. The highest BCUT2D eigenvalue weighted by molar-refractivity contribution is 5.93. The van der Waals surface area contributed by atoms with E-state index in [2.05, 4.69) is 36.1 Å². The van der Waals surface area contributed by atoms with Gasteiger partial charge in [0.05, 0.1) is 0 Å². The Labute approximate surface area is 238 Å². The van der Waals surface area contributed by atoms with Gasteiger partial charge in [-0.25, -0.2) is 0 Å². The average Bonchev–Trinajstić information content (AvgIpc) is 3.25. The van der Waals surface area contributed by atoms with E-state index < -0.39 is 17.0 Å². The van der Waals surface area contributed by atoms with Crippen LogP contribution in [0.5, 0.6) is 0 Å². The Morgan fingerprint density at radius 2 is 1.77 bits per heavy atom. The first-order valence-electron chi connectivity index (χ1n) is 15.3. The number of hydrogen-bond acceptors (Lipinski definition) is 6. The molecule has 6 heteroatoms. The lowest BCUT2D eigenvalue weighted by atomic mass is 9.50. The summed E-state index contributed by atoms with van der Waals surface area (Å²) < 4.78 is 11.4. The zero-order valence-corrected chi connectivity index (χ0v) is 24.3. The normalized spacial score (nSPS) is 33.6. The van der Waals surface area contributed by atoms with Crippen molar-refractivity contribution in [2.75, 3.05) is 31.7 Å². The van der Waals surface area contributed by atoms with Crippen molar-refractivity contribution in [2.45, 2.75) is 89.6 Å². The average molecular weight is 546 g/mol. The molecule has 4 aliphatic carbocycles. The van der Waals surface area contributed by atoms with Gasteiger partial charge < -0.3 is 14.4 Å². The Morgan fingerprint density at radius 1 is 1.02 bits per heavy atom. The maximum atomic E-state index is 13.8. The van der Waals surface area contributed by atoms with Crippen molar-refractivity contribution in [3.05, 3.63) is 52.6 Å². The van der Waals surface area contributed by atoms with Gasteiger partial charge >= 0.3 is 5.97 Å². The number of carbonyl (C=O) groups is 3. The van der Waals surface area contributed by atoms with Crippen LogP contribution < -0.4 is 4.90 Å². The first-order valence-corrected chi connectivity index (χ1v) is 15.3. The van der Waals surface area contributed by atoms with E-state index >= 15 is 0 Å². The number of carbonyl (C=O) groups excluding carboxylic acids is 3. The number of rotatable bonds is 6.